The van der Waals surface area contributed by atoms with Crippen molar-refractivity contribution in [2.75, 3.05) is 0 Å². The molecule has 0 fully saturated rings. The molecule has 2 aromatic heterocycles. The van der Waals surface area contributed by atoms with Crippen LogP contribution in [0.1, 0.15) is 35.8 Å². The highest BCUT2D eigenvalue weighted by atomic mass is 19.1. The molecule has 5 heteroatoms. The van der Waals surface area contributed by atoms with Crippen molar-refractivity contribution in [3.63, 3.8) is 0 Å². The van der Waals surface area contributed by atoms with E-state index in [2.05, 4.69) is 39.7 Å². The molecular weight excluding hydrogens is 339 g/mol. The second kappa shape index (κ2) is 6.67. The third kappa shape index (κ3) is 2.94. The highest BCUT2D eigenvalue weighted by molar-refractivity contribution is 5.80. The molecule has 0 unspecified atom stereocenters. The maximum Gasteiger partial charge on any atom is 0.148 e. The predicted octanol–water partition coefficient (Wildman–Crippen LogP) is 4.66. The molecule has 2 heterocycles. The summed E-state index contributed by atoms with van der Waals surface area (Å²) in [5.41, 5.74) is 5.15. The average molecular weight is 360 g/mol. The fourth-order valence-electron chi connectivity index (χ4n) is 4.06. The van der Waals surface area contributed by atoms with Gasteiger partial charge in [-0.25, -0.2) is 9.07 Å². The number of hydrogen-bond donors (Lipinski definition) is 2. The molecule has 0 bridgehead atoms. The molecule has 0 saturated heterocycles. The Morgan fingerprint density at radius 1 is 1.15 bits per heavy atom. The number of rotatable bonds is 4. The maximum atomic E-state index is 14.2. The molecule has 2 N–H and O–H groups in total. The summed E-state index contributed by atoms with van der Waals surface area (Å²) in [6.07, 6.45) is 4.95. The van der Waals surface area contributed by atoms with Crippen LogP contribution >= 0.6 is 0 Å². The highest BCUT2D eigenvalue weighted by Gasteiger charge is 2.25. The van der Waals surface area contributed by atoms with E-state index in [1.54, 1.807) is 16.8 Å². The van der Waals surface area contributed by atoms with Gasteiger partial charge in [0.25, 0.3) is 0 Å². The number of H-pyrrole nitrogens is 1. The molecule has 1 atom stereocenters. The first-order valence-electron chi connectivity index (χ1n) is 9.41. The zero-order valence-electron chi connectivity index (χ0n) is 15.0. The SMILES string of the molecule is Fc1ccccc1-n1ncc2c1CCC[C@@H]2NCc1cc2ccccc2[nH]1. The van der Waals surface area contributed by atoms with E-state index in [9.17, 15) is 4.39 Å². The summed E-state index contributed by atoms with van der Waals surface area (Å²) in [5, 5.41) is 9.38. The number of hydrogen-bond acceptors (Lipinski definition) is 2. The van der Waals surface area contributed by atoms with Crippen molar-refractivity contribution in [3.05, 3.63) is 83.6 Å². The Labute approximate surface area is 157 Å². The first-order chi connectivity index (χ1) is 13.3. The van der Waals surface area contributed by atoms with E-state index in [1.165, 1.54) is 22.7 Å². The van der Waals surface area contributed by atoms with Crippen LogP contribution in [0.4, 0.5) is 4.39 Å². The second-order valence-electron chi connectivity index (χ2n) is 7.12. The zero-order valence-corrected chi connectivity index (χ0v) is 15.0. The van der Waals surface area contributed by atoms with Gasteiger partial charge in [0.1, 0.15) is 11.5 Å². The Morgan fingerprint density at radius 2 is 2.00 bits per heavy atom. The van der Waals surface area contributed by atoms with Crippen LogP contribution in [-0.2, 0) is 13.0 Å². The van der Waals surface area contributed by atoms with Crippen LogP contribution in [-0.4, -0.2) is 14.8 Å². The van der Waals surface area contributed by atoms with Crippen molar-refractivity contribution in [1.82, 2.24) is 20.1 Å². The van der Waals surface area contributed by atoms with Crippen LogP contribution < -0.4 is 5.32 Å². The lowest BCUT2D eigenvalue weighted by atomic mass is 9.93. The largest absolute Gasteiger partial charge is 0.357 e. The first-order valence-corrected chi connectivity index (χ1v) is 9.41. The van der Waals surface area contributed by atoms with E-state index in [0.717, 1.165) is 37.0 Å². The summed E-state index contributed by atoms with van der Waals surface area (Å²) in [7, 11) is 0. The molecule has 0 radical (unpaired) electrons. The molecule has 4 nitrogen and oxygen atoms in total. The van der Waals surface area contributed by atoms with Gasteiger partial charge < -0.3 is 10.3 Å². The quantitative estimate of drug-likeness (QED) is 0.556. The van der Waals surface area contributed by atoms with E-state index in [-0.39, 0.29) is 11.9 Å². The summed E-state index contributed by atoms with van der Waals surface area (Å²) >= 11 is 0. The Balaban J connectivity index is 1.39. The molecule has 5 rings (SSSR count). The fourth-order valence-corrected chi connectivity index (χ4v) is 4.06. The van der Waals surface area contributed by atoms with E-state index in [0.29, 0.717) is 5.69 Å². The molecule has 0 saturated carbocycles. The molecule has 0 amide bonds. The van der Waals surface area contributed by atoms with Gasteiger partial charge in [-0.2, -0.15) is 5.10 Å². The molecule has 4 aromatic rings. The number of para-hydroxylation sites is 2. The Morgan fingerprint density at radius 3 is 2.89 bits per heavy atom. The third-order valence-electron chi connectivity index (χ3n) is 5.39. The molecular formula is C22H21FN4. The van der Waals surface area contributed by atoms with Crippen LogP contribution in [0.2, 0.25) is 0 Å². The molecule has 0 aliphatic heterocycles. The van der Waals surface area contributed by atoms with Crippen LogP contribution in [0.3, 0.4) is 0 Å². The normalized spacial score (nSPS) is 16.6. The average Bonchev–Trinajstić information content (AvgIpc) is 3.31. The predicted molar refractivity (Wildman–Crippen MR) is 104 cm³/mol. The van der Waals surface area contributed by atoms with E-state index in [4.69, 9.17) is 0 Å². The summed E-state index contributed by atoms with van der Waals surface area (Å²) in [6.45, 7) is 0.768. The van der Waals surface area contributed by atoms with Crippen LogP contribution in [0.5, 0.6) is 0 Å². The number of halogens is 1. The lowest BCUT2D eigenvalue weighted by Crippen LogP contribution is -2.25. The van der Waals surface area contributed by atoms with Crippen LogP contribution in [0, 0.1) is 5.82 Å². The molecule has 0 spiro atoms. The minimum Gasteiger partial charge on any atom is -0.357 e. The zero-order chi connectivity index (χ0) is 18.2. The van der Waals surface area contributed by atoms with E-state index in [1.807, 2.05) is 18.3 Å². The number of benzene rings is 2. The van der Waals surface area contributed by atoms with Crippen molar-refractivity contribution in [1.29, 1.82) is 0 Å². The number of nitrogens with zero attached hydrogens (tertiary/aromatic N) is 2. The smallest absolute Gasteiger partial charge is 0.148 e. The minimum absolute atomic E-state index is 0.237. The minimum atomic E-state index is -0.239. The summed E-state index contributed by atoms with van der Waals surface area (Å²) in [5.74, 6) is -0.239. The van der Waals surface area contributed by atoms with Gasteiger partial charge in [-0.1, -0.05) is 30.3 Å². The molecule has 1 aliphatic carbocycles. The first kappa shape index (κ1) is 16.3. The fraction of sp³-hybridized carbons (Fsp3) is 0.227. The number of nitrogens with one attached hydrogen (secondary N) is 2. The Bertz CT molecular complexity index is 1060. The molecule has 2 aromatic carbocycles. The van der Waals surface area contributed by atoms with Gasteiger partial charge in [0.15, 0.2) is 0 Å². The number of fused-ring (bicyclic) bond motifs is 2. The van der Waals surface area contributed by atoms with Crippen molar-refractivity contribution in [2.45, 2.75) is 31.8 Å². The maximum absolute atomic E-state index is 14.2. The molecule has 136 valence electrons. The van der Waals surface area contributed by atoms with Crippen molar-refractivity contribution in [2.24, 2.45) is 0 Å². The summed E-state index contributed by atoms with van der Waals surface area (Å²) < 4.78 is 16.0. The van der Waals surface area contributed by atoms with Gasteiger partial charge in [0.2, 0.25) is 0 Å². The van der Waals surface area contributed by atoms with Crippen LogP contribution in [0.15, 0.2) is 60.8 Å². The van der Waals surface area contributed by atoms with Gasteiger partial charge in [-0.3, -0.25) is 0 Å². The monoisotopic (exact) mass is 360 g/mol. The topological polar surface area (TPSA) is 45.6 Å². The molecule has 27 heavy (non-hydrogen) atoms. The Kier molecular flexibility index (Phi) is 4.02. The lowest BCUT2D eigenvalue weighted by molar-refractivity contribution is 0.452. The summed E-state index contributed by atoms with van der Waals surface area (Å²) in [6, 6.07) is 17.6. The summed E-state index contributed by atoms with van der Waals surface area (Å²) in [4.78, 5) is 3.46. The van der Waals surface area contributed by atoms with Gasteiger partial charge in [-0.05, 0) is 48.9 Å². The van der Waals surface area contributed by atoms with Gasteiger partial charge >= 0.3 is 0 Å². The lowest BCUT2D eigenvalue weighted by Gasteiger charge is -2.24. The Hall–Kier alpha value is -2.92. The van der Waals surface area contributed by atoms with E-state index < -0.39 is 0 Å². The van der Waals surface area contributed by atoms with Gasteiger partial charge in [-0.15, -0.1) is 0 Å². The van der Waals surface area contributed by atoms with E-state index >= 15 is 0 Å². The van der Waals surface area contributed by atoms with Crippen LogP contribution in [0.25, 0.3) is 16.6 Å². The third-order valence-corrected chi connectivity index (χ3v) is 5.39. The molecule has 1 aliphatic rings. The second-order valence-corrected chi connectivity index (χ2v) is 7.12. The number of aromatic nitrogens is 3. The van der Waals surface area contributed by atoms with Gasteiger partial charge in [0.05, 0.1) is 6.20 Å². The standard InChI is InChI=1S/C22H21FN4/c23-18-7-2-4-10-22(18)27-21-11-5-9-20(17(21)14-25-27)24-13-16-12-15-6-1-3-8-19(15)26-16/h1-4,6-8,10,12,14,20,24,26H,5,9,11,13H2/t20-/m0/s1. The number of aromatic amines is 1. The van der Waals surface area contributed by atoms with Crippen molar-refractivity contribution in [3.8, 4) is 5.69 Å². The van der Waals surface area contributed by atoms with Crippen molar-refractivity contribution >= 4 is 10.9 Å². The van der Waals surface area contributed by atoms with Gasteiger partial charge in [0, 0.05) is 35.1 Å². The highest BCUT2D eigenvalue weighted by Crippen LogP contribution is 2.31. The van der Waals surface area contributed by atoms with Crippen molar-refractivity contribution < 1.29 is 4.39 Å².